The van der Waals surface area contributed by atoms with Crippen LogP contribution >= 0.6 is 11.6 Å². The van der Waals surface area contributed by atoms with Gasteiger partial charge >= 0.3 is 0 Å². The molecule has 1 fully saturated rings. The fourth-order valence-electron chi connectivity index (χ4n) is 2.17. The Morgan fingerprint density at radius 3 is 2.72 bits per heavy atom. The molecule has 3 rings (SSSR count). The van der Waals surface area contributed by atoms with E-state index in [1.165, 1.54) is 17.1 Å². The molecule has 0 spiro atoms. The van der Waals surface area contributed by atoms with Gasteiger partial charge in [-0.15, -0.1) is 4.40 Å². The first-order valence-electron chi connectivity index (χ1n) is 5.68. The smallest absolute Gasteiger partial charge is 0.263 e. The van der Waals surface area contributed by atoms with Crippen LogP contribution < -0.4 is 10.9 Å². The van der Waals surface area contributed by atoms with Gasteiger partial charge in [0.05, 0.1) is 5.69 Å². The number of hydrazine groups is 1. The maximum Gasteiger partial charge on any atom is 0.286 e. The molecule has 5 nitrogen and oxygen atoms in total. The topological polar surface area (TPSA) is 75.8 Å². The minimum atomic E-state index is -3.65. The van der Waals surface area contributed by atoms with Crippen LogP contribution in [-0.4, -0.2) is 14.3 Å². The zero-order chi connectivity index (χ0) is 12.9. The largest absolute Gasteiger partial charge is 0.286 e. The Balaban J connectivity index is 2.16. The van der Waals surface area contributed by atoms with Gasteiger partial charge < -0.3 is 0 Å². The van der Waals surface area contributed by atoms with E-state index in [2.05, 4.69) is 4.40 Å². The van der Waals surface area contributed by atoms with Gasteiger partial charge in [-0.1, -0.05) is 18.0 Å². The third-order valence-corrected chi connectivity index (χ3v) is 4.95. The maximum absolute atomic E-state index is 12.1. The summed E-state index contributed by atoms with van der Waals surface area (Å²) in [5, 5.41) is 1.81. The average Bonchev–Trinajstić information content (AvgIpc) is 2.22. The van der Waals surface area contributed by atoms with Crippen LogP contribution in [0.5, 0.6) is 0 Å². The van der Waals surface area contributed by atoms with Crippen LogP contribution in [0.15, 0.2) is 27.5 Å². The van der Waals surface area contributed by atoms with Gasteiger partial charge in [-0.2, -0.15) is 8.42 Å². The van der Waals surface area contributed by atoms with Crippen LogP contribution in [0.1, 0.15) is 19.3 Å². The molecule has 2 aliphatic rings. The van der Waals surface area contributed by atoms with Crippen molar-refractivity contribution in [3.05, 3.63) is 23.2 Å². The van der Waals surface area contributed by atoms with E-state index < -0.39 is 10.0 Å². The minimum Gasteiger partial charge on any atom is -0.263 e. The predicted octanol–water partition coefficient (Wildman–Crippen LogP) is 1.92. The molecule has 1 aliphatic heterocycles. The molecular formula is C11H12ClN3O2S. The number of hydrogen-bond donors (Lipinski definition) is 1. The molecule has 1 saturated carbocycles. The van der Waals surface area contributed by atoms with E-state index in [4.69, 9.17) is 17.4 Å². The Morgan fingerprint density at radius 2 is 2.11 bits per heavy atom. The summed E-state index contributed by atoms with van der Waals surface area (Å²) in [5.74, 6) is 6.53. The second-order valence-electron chi connectivity index (χ2n) is 4.53. The number of amidine groups is 1. The van der Waals surface area contributed by atoms with Crippen molar-refractivity contribution in [2.24, 2.45) is 16.2 Å². The summed E-state index contributed by atoms with van der Waals surface area (Å²) in [6.45, 7) is 0. The highest BCUT2D eigenvalue weighted by molar-refractivity contribution is 7.90. The number of nitrogens with zero attached hydrogens (tertiary/aromatic N) is 2. The molecule has 0 unspecified atom stereocenters. The molecule has 0 bridgehead atoms. The molecule has 0 saturated heterocycles. The first-order chi connectivity index (χ1) is 8.49. The summed E-state index contributed by atoms with van der Waals surface area (Å²) in [4.78, 5) is 0.109. The number of benzene rings is 1. The highest BCUT2D eigenvalue weighted by Crippen LogP contribution is 2.37. The lowest BCUT2D eigenvalue weighted by Gasteiger charge is -2.35. The van der Waals surface area contributed by atoms with Gasteiger partial charge in [0.2, 0.25) is 0 Å². The third kappa shape index (κ3) is 1.72. The molecule has 1 aromatic carbocycles. The Bertz CT molecular complexity index is 638. The number of fused-ring (bicyclic) bond motifs is 1. The van der Waals surface area contributed by atoms with Crippen LogP contribution in [0.4, 0.5) is 5.69 Å². The molecule has 18 heavy (non-hydrogen) atoms. The van der Waals surface area contributed by atoms with Crippen molar-refractivity contribution in [2.45, 2.75) is 24.2 Å². The number of rotatable bonds is 1. The molecule has 0 atom stereocenters. The standard InChI is InChI=1S/C11H12ClN3O2S/c12-8-4-5-10-9(6-8)15(13)11(7-2-1-3-7)14-18(10,16)17/h4-7H,1-3,13H2. The number of halogens is 1. The van der Waals surface area contributed by atoms with Crippen molar-refractivity contribution in [1.29, 1.82) is 0 Å². The van der Waals surface area contributed by atoms with E-state index in [0.717, 1.165) is 19.3 Å². The second kappa shape index (κ2) is 3.94. The number of hydrogen-bond acceptors (Lipinski definition) is 4. The van der Waals surface area contributed by atoms with Gasteiger partial charge in [0.15, 0.2) is 0 Å². The second-order valence-corrected chi connectivity index (χ2v) is 6.54. The van der Waals surface area contributed by atoms with Crippen LogP contribution in [0.3, 0.4) is 0 Å². The molecule has 7 heteroatoms. The fourth-order valence-corrected chi connectivity index (χ4v) is 3.58. The summed E-state index contributed by atoms with van der Waals surface area (Å²) in [6, 6.07) is 4.52. The zero-order valence-corrected chi connectivity index (χ0v) is 11.1. The SMILES string of the molecule is NN1C(C2CCC2)=NS(=O)(=O)c2ccc(Cl)cc21. The normalized spacial score (nSPS) is 22.1. The lowest BCUT2D eigenvalue weighted by Crippen LogP contribution is -2.46. The van der Waals surface area contributed by atoms with Crippen molar-refractivity contribution < 1.29 is 8.42 Å². The van der Waals surface area contributed by atoms with Gasteiger partial charge in [-0.05, 0) is 31.0 Å². The summed E-state index contributed by atoms with van der Waals surface area (Å²) < 4.78 is 28.0. The fraction of sp³-hybridized carbons (Fsp3) is 0.364. The van der Waals surface area contributed by atoms with Crippen LogP contribution in [0, 0.1) is 5.92 Å². The Morgan fingerprint density at radius 1 is 1.39 bits per heavy atom. The minimum absolute atomic E-state index is 0.109. The number of sulfonamides is 1. The third-order valence-electron chi connectivity index (χ3n) is 3.39. The Labute approximate surface area is 110 Å². The lowest BCUT2D eigenvalue weighted by molar-refractivity contribution is 0.408. The van der Waals surface area contributed by atoms with Crippen molar-refractivity contribution in [1.82, 2.24) is 0 Å². The molecule has 1 heterocycles. The van der Waals surface area contributed by atoms with Crippen LogP contribution in [-0.2, 0) is 10.0 Å². The van der Waals surface area contributed by atoms with E-state index in [-0.39, 0.29) is 10.8 Å². The molecule has 0 radical (unpaired) electrons. The monoisotopic (exact) mass is 285 g/mol. The zero-order valence-electron chi connectivity index (χ0n) is 9.51. The molecule has 0 aromatic heterocycles. The summed E-state index contributed by atoms with van der Waals surface area (Å²) >= 11 is 5.89. The summed E-state index contributed by atoms with van der Waals surface area (Å²) in [7, 11) is -3.65. The van der Waals surface area contributed by atoms with Gasteiger partial charge in [0.1, 0.15) is 10.7 Å². The number of nitrogens with two attached hydrogens (primary N) is 1. The molecule has 96 valence electrons. The quantitative estimate of drug-likeness (QED) is 0.800. The first-order valence-corrected chi connectivity index (χ1v) is 7.50. The summed E-state index contributed by atoms with van der Waals surface area (Å²) in [5.41, 5.74) is 0.402. The van der Waals surface area contributed by atoms with Gasteiger partial charge in [-0.25, -0.2) is 5.84 Å². The lowest BCUT2D eigenvalue weighted by atomic mass is 9.84. The van der Waals surface area contributed by atoms with E-state index in [1.807, 2.05) is 0 Å². The van der Waals surface area contributed by atoms with Crippen LogP contribution in [0.2, 0.25) is 5.02 Å². The molecule has 2 N–H and O–H groups in total. The highest BCUT2D eigenvalue weighted by Gasteiger charge is 2.35. The number of anilines is 1. The molecule has 1 aromatic rings. The Hall–Kier alpha value is -1.11. The van der Waals surface area contributed by atoms with Gasteiger partial charge in [0, 0.05) is 10.9 Å². The van der Waals surface area contributed by atoms with Crippen molar-refractivity contribution in [3.8, 4) is 0 Å². The molecular weight excluding hydrogens is 274 g/mol. The van der Waals surface area contributed by atoms with Crippen molar-refractivity contribution >= 4 is 33.1 Å². The van der Waals surface area contributed by atoms with E-state index >= 15 is 0 Å². The van der Waals surface area contributed by atoms with Crippen LogP contribution in [0.25, 0.3) is 0 Å². The maximum atomic E-state index is 12.1. The van der Waals surface area contributed by atoms with E-state index in [1.54, 1.807) is 6.07 Å². The van der Waals surface area contributed by atoms with E-state index in [0.29, 0.717) is 16.5 Å². The predicted molar refractivity (Wildman–Crippen MR) is 70.1 cm³/mol. The summed E-state index contributed by atoms with van der Waals surface area (Å²) in [6.07, 6.45) is 2.94. The van der Waals surface area contributed by atoms with Crippen molar-refractivity contribution in [2.75, 3.05) is 5.01 Å². The first kappa shape index (κ1) is 12.0. The molecule has 0 amide bonds. The Kier molecular flexibility index (Phi) is 2.62. The van der Waals surface area contributed by atoms with Gasteiger partial charge in [0.25, 0.3) is 10.0 Å². The average molecular weight is 286 g/mol. The van der Waals surface area contributed by atoms with Gasteiger partial charge in [-0.3, -0.25) is 5.01 Å². The van der Waals surface area contributed by atoms with Crippen molar-refractivity contribution in [3.63, 3.8) is 0 Å². The molecule has 1 aliphatic carbocycles. The van der Waals surface area contributed by atoms with E-state index in [9.17, 15) is 8.42 Å². The highest BCUT2D eigenvalue weighted by atomic mass is 35.5.